The van der Waals surface area contributed by atoms with Crippen LogP contribution < -0.4 is 4.74 Å². The fourth-order valence-electron chi connectivity index (χ4n) is 1.75. The van der Waals surface area contributed by atoms with E-state index in [1.807, 2.05) is 29.1 Å². The Hall–Kier alpha value is -1.77. The van der Waals surface area contributed by atoms with Gasteiger partial charge >= 0.3 is 0 Å². The number of aryl methyl sites for hydroxylation is 1. The zero-order chi connectivity index (χ0) is 13.0. The topological polar surface area (TPSA) is 27.1 Å². The van der Waals surface area contributed by atoms with Gasteiger partial charge in [0, 0.05) is 12.2 Å². The lowest BCUT2D eigenvalue weighted by Gasteiger charge is -2.06. The first kappa shape index (κ1) is 12.7. The van der Waals surface area contributed by atoms with Gasteiger partial charge in [-0.05, 0) is 44.0 Å². The number of hydrogen-bond acceptors (Lipinski definition) is 2. The standard InChI is InChI=1S/C15H20N2O/c1-4-13-6-5-7-15(10-13)18-11-14-8-9-17(16-14)12(2)3/h5-10,12H,4,11H2,1-3H3. The summed E-state index contributed by atoms with van der Waals surface area (Å²) in [6, 6.07) is 10.6. The molecule has 0 saturated carbocycles. The molecule has 1 aromatic heterocycles. The van der Waals surface area contributed by atoms with E-state index in [2.05, 4.69) is 38.0 Å². The number of benzene rings is 1. The molecule has 2 rings (SSSR count). The van der Waals surface area contributed by atoms with Crippen LogP contribution in [-0.4, -0.2) is 9.78 Å². The zero-order valence-electron chi connectivity index (χ0n) is 11.3. The van der Waals surface area contributed by atoms with Gasteiger partial charge in [0.05, 0.1) is 5.69 Å². The second kappa shape index (κ2) is 5.71. The van der Waals surface area contributed by atoms with Gasteiger partial charge in [0.15, 0.2) is 0 Å². The highest BCUT2D eigenvalue weighted by Gasteiger charge is 2.03. The lowest BCUT2D eigenvalue weighted by atomic mass is 10.2. The third-order valence-corrected chi connectivity index (χ3v) is 2.89. The van der Waals surface area contributed by atoms with Crippen molar-refractivity contribution in [2.24, 2.45) is 0 Å². The summed E-state index contributed by atoms with van der Waals surface area (Å²) in [5, 5.41) is 4.46. The van der Waals surface area contributed by atoms with Gasteiger partial charge in [0.25, 0.3) is 0 Å². The monoisotopic (exact) mass is 244 g/mol. The summed E-state index contributed by atoms with van der Waals surface area (Å²) in [4.78, 5) is 0. The molecule has 0 saturated heterocycles. The van der Waals surface area contributed by atoms with Crippen LogP contribution in [0, 0.1) is 0 Å². The molecular formula is C15H20N2O. The van der Waals surface area contributed by atoms with Gasteiger partial charge in [-0.15, -0.1) is 0 Å². The minimum atomic E-state index is 0.391. The van der Waals surface area contributed by atoms with Gasteiger partial charge in [-0.1, -0.05) is 19.1 Å². The molecular weight excluding hydrogens is 224 g/mol. The van der Waals surface area contributed by atoms with E-state index < -0.39 is 0 Å². The lowest BCUT2D eigenvalue weighted by molar-refractivity contribution is 0.298. The highest BCUT2D eigenvalue weighted by atomic mass is 16.5. The molecule has 0 spiro atoms. The van der Waals surface area contributed by atoms with Gasteiger partial charge in [0.2, 0.25) is 0 Å². The first-order chi connectivity index (χ1) is 8.69. The van der Waals surface area contributed by atoms with Crippen molar-refractivity contribution in [1.29, 1.82) is 0 Å². The largest absolute Gasteiger partial charge is 0.487 e. The third kappa shape index (κ3) is 3.13. The number of aromatic nitrogens is 2. The normalized spacial score (nSPS) is 10.9. The van der Waals surface area contributed by atoms with Crippen LogP contribution in [0.5, 0.6) is 5.75 Å². The molecule has 1 aromatic carbocycles. The summed E-state index contributed by atoms with van der Waals surface area (Å²) in [5.41, 5.74) is 2.26. The van der Waals surface area contributed by atoms with Crippen molar-refractivity contribution >= 4 is 0 Å². The van der Waals surface area contributed by atoms with Crippen molar-refractivity contribution in [1.82, 2.24) is 9.78 Å². The zero-order valence-corrected chi connectivity index (χ0v) is 11.3. The maximum atomic E-state index is 5.75. The quantitative estimate of drug-likeness (QED) is 0.803. The summed E-state index contributed by atoms with van der Waals surface area (Å²) in [7, 11) is 0. The van der Waals surface area contributed by atoms with Crippen LogP contribution in [0.3, 0.4) is 0 Å². The molecule has 3 nitrogen and oxygen atoms in total. The van der Waals surface area contributed by atoms with Gasteiger partial charge in [-0.3, -0.25) is 4.68 Å². The Morgan fingerprint density at radius 3 is 2.78 bits per heavy atom. The summed E-state index contributed by atoms with van der Waals surface area (Å²) in [6.07, 6.45) is 3.02. The molecule has 0 amide bonds. The summed E-state index contributed by atoms with van der Waals surface area (Å²) < 4.78 is 7.70. The van der Waals surface area contributed by atoms with Gasteiger partial charge in [0.1, 0.15) is 12.4 Å². The van der Waals surface area contributed by atoms with Crippen LogP contribution >= 0.6 is 0 Å². The van der Waals surface area contributed by atoms with E-state index in [0.717, 1.165) is 17.9 Å². The molecule has 18 heavy (non-hydrogen) atoms. The molecule has 0 N–H and O–H groups in total. The fourth-order valence-corrected chi connectivity index (χ4v) is 1.75. The van der Waals surface area contributed by atoms with Crippen molar-refractivity contribution in [2.45, 2.75) is 39.8 Å². The highest BCUT2D eigenvalue weighted by molar-refractivity contribution is 5.28. The molecule has 0 unspecified atom stereocenters. The van der Waals surface area contributed by atoms with Crippen LogP contribution in [0.15, 0.2) is 36.5 Å². The SMILES string of the molecule is CCc1cccc(OCc2ccn(C(C)C)n2)c1. The molecule has 1 heterocycles. The van der Waals surface area contributed by atoms with E-state index in [9.17, 15) is 0 Å². The Bertz CT molecular complexity index is 503. The predicted molar refractivity (Wildman–Crippen MR) is 72.8 cm³/mol. The Balaban J connectivity index is 1.97. The number of ether oxygens (including phenoxy) is 1. The molecule has 0 aliphatic rings. The minimum absolute atomic E-state index is 0.391. The Kier molecular flexibility index (Phi) is 4.03. The molecule has 0 aliphatic carbocycles. The van der Waals surface area contributed by atoms with Gasteiger partial charge in [-0.25, -0.2) is 0 Å². The molecule has 0 bridgehead atoms. The summed E-state index contributed by atoms with van der Waals surface area (Å²) in [5.74, 6) is 0.911. The van der Waals surface area contributed by atoms with E-state index >= 15 is 0 Å². The maximum Gasteiger partial charge on any atom is 0.132 e. The summed E-state index contributed by atoms with van der Waals surface area (Å²) >= 11 is 0. The molecule has 0 aliphatic heterocycles. The average molecular weight is 244 g/mol. The fraction of sp³-hybridized carbons (Fsp3) is 0.400. The van der Waals surface area contributed by atoms with Crippen LogP contribution in [-0.2, 0) is 13.0 Å². The molecule has 96 valence electrons. The van der Waals surface area contributed by atoms with E-state index in [1.165, 1.54) is 5.56 Å². The van der Waals surface area contributed by atoms with Gasteiger partial charge in [-0.2, -0.15) is 5.10 Å². The lowest BCUT2D eigenvalue weighted by Crippen LogP contribution is -2.03. The maximum absolute atomic E-state index is 5.75. The molecule has 0 fully saturated rings. The third-order valence-electron chi connectivity index (χ3n) is 2.89. The van der Waals surface area contributed by atoms with Crippen LogP contribution in [0.25, 0.3) is 0 Å². The minimum Gasteiger partial charge on any atom is -0.487 e. The predicted octanol–water partition coefficient (Wildman–Crippen LogP) is 3.61. The van der Waals surface area contributed by atoms with Crippen molar-refractivity contribution in [3.05, 3.63) is 47.8 Å². The Morgan fingerprint density at radius 2 is 2.11 bits per heavy atom. The van der Waals surface area contributed by atoms with Crippen molar-refractivity contribution in [2.75, 3.05) is 0 Å². The first-order valence-electron chi connectivity index (χ1n) is 6.45. The second-order valence-corrected chi connectivity index (χ2v) is 4.67. The van der Waals surface area contributed by atoms with Crippen LogP contribution in [0.4, 0.5) is 0 Å². The molecule has 3 heteroatoms. The van der Waals surface area contributed by atoms with E-state index in [4.69, 9.17) is 4.74 Å². The van der Waals surface area contributed by atoms with Crippen LogP contribution in [0.1, 0.15) is 38.1 Å². The van der Waals surface area contributed by atoms with Crippen molar-refractivity contribution < 1.29 is 4.74 Å². The van der Waals surface area contributed by atoms with E-state index in [0.29, 0.717) is 12.6 Å². The molecule has 0 atom stereocenters. The smallest absolute Gasteiger partial charge is 0.132 e. The summed E-state index contributed by atoms with van der Waals surface area (Å²) in [6.45, 7) is 6.89. The Labute approximate surface area is 108 Å². The highest BCUT2D eigenvalue weighted by Crippen LogP contribution is 2.15. The molecule has 2 aromatic rings. The van der Waals surface area contributed by atoms with E-state index in [-0.39, 0.29) is 0 Å². The van der Waals surface area contributed by atoms with Crippen LogP contribution in [0.2, 0.25) is 0 Å². The Morgan fingerprint density at radius 1 is 1.28 bits per heavy atom. The van der Waals surface area contributed by atoms with E-state index in [1.54, 1.807) is 0 Å². The van der Waals surface area contributed by atoms with Crippen molar-refractivity contribution in [3.8, 4) is 5.75 Å². The number of hydrogen-bond donors (Lipinski definition) is 0. The first-order valence-corrected chi connectivity index (χ1v) is 6.45. The number of nitrogens with zero attached hydrogens (tertiary/aromatic N) is 2. The number of rotatable bonds is 5. The second-order valence-electron chi connectivity index (χ2n) is 4.67. The molecule has 0 radical (unpaired) electrons. The van der Waals surface area contributed by atoms with Gasteiger partial charge < -0.3 is 4.74 Å². The average Bonchev–Trinajstić information content (AvgIpc) is 2.85. The van der Waals surface area contributed by atoms with Crippen molar-refractivity contribution in [3.63, 3.8) is 0 Å².